The van der Waals surface area contributed by atoms with Gasteiger partial charge in [0.05, 0.1) is 6.04 Å². The third kappa shape index (κ3) is 1.94. The van der Waals surface area contributed by atoms with Gasteiger partial charge in [-0.2, -0.15) is 0 Å². The topological polar surface area (TPSA) is 37.8 Å². The van der Waals surface area contributed by atoms with Gasteiger partial charge in [-0.25, -0.2) is 4.68 Å². The van der Waals surface area contributed by atoms with Crippen molar-refractivity contribution in [3.05, 3.63) is 57.5 Å². The van der Waals surface area contributed by atoms with Crippen LogP contribution < -0.4 is 5.56 Å². The van der Waals surface area contributed by atoms with Gasteiger partial charge in [-0.15, -0.1) is 0 Å². The first-order chi connectivity index (χ1) is 7.58. The van der Waals surface area contributed by atoms with Gasteiger partial charge in [0.1, 0.15) is 0 Å². The summed E-state index contributed by atoms with van der Waals surface area (Å²) in [5.41, 5.74) is 3.26. The molecule has 0 saturated heterocycles. The molecule has 84 valence electrons. The smallest absolute Gasteiger partial charge is 0.267 e. The summed E-state index contributed by atoms with van der Waals surface area (Å²) in [6, 6.07) is 9.88. The maximum atomic E-state index is 11.7. The quantitative estimate of drug-likeness (QED) is 0.822. The molecule has 0 radical (unpaired) electrons. The van der Waals surface area contributed by atoms with Crippen LogP contribution in [0.2, 0.25) is 0 Å². The SMILES string of the molecule is Cc1cccc(C(C)n2[nH]c(C)cc2=O)c1. The summed E-state index contributed by atoms with van der Waals surface area (Å²) in [6.07, 6.45) is 0. The predicted molar refractivity (Wildman–Crippen MR) is 64.8 cm³/mol. The lowest BCUT2D eigenvalue weighted by Gasteiger charge is -2.13. The van der Waals surface area contributed by atoms with E-state index < -0.39 is 0 Å². The van der Waals surface area contributed by atoms with Crippen molar-refractivity contribution in [2.45, 2.75) is 26.8 Å². The fraction of sp³-hybridized carbons (Fsp3) is 0.308. The van der Waals surface area contributed by atoms with Crippen LogP contribution in [0.4, 0.5) is 0 Å². The molecule has 1 aromatic heterocycles. The lowest BCUT2D eigenvalue weighted by molar-refractivity contribution is 0.544. The van der Waals surface area contributed by atoms with Crippen molar-refractivity contribution in [3.8, 4) is 0 Å². The zero-order chi connectivity index (χ0) is 11.7. The first-order valence-corrected chi connectivity index (χ1v) is 5.42. The molecule has 1 atom stereocenters. The number of benzene rings is 1. The summed E-state index contributed by atoms with van der Waals surface area (Å²) >= 11 is 0. The van der Waals surface area contributed by atoms with Crippen molar-refractivity contribution in [2.24, 2.45) is 0 Å². The van der Waals surface area contributed by atoms with Crippen LogP contribution in [0, 0.1) is 13.8 Å². The Balaban J connectivity index is 2.42. The Morgan fingerprint density at radius 3 is 2.56 bits per heavy atom. The van der Waals surface area contributed by atoms with Crippen molar-refractivity contribution in [2.75, 3.05) is 0 Å². The fourth-order valence-corrected chi connectivity index (χ4v) is 1.90. The highest BCUT2D eigenvalue weighted by molar-refractivity contribution is 5.25. The second-order valence-electron chi connectivity index (χ2n) is 4.24. The zero-order valence-electron chi connectivity index (χ0n) is 9.82. The summed E-state index contributed by atoms with van der Waals surface area (Å²) in [7, 11) is 0. The predicted octanol–water partition coefficient (Wildman–Crippen LogP) is 2.40. The van der Waals surface area contributed by atoms with Crippen LogP contribution in [0.25, 0.3) is 0 Å². The zero-order valence-corrected chi connectivity index (χ0v) is 9.82. The normalized spacial score (nSPS) is 12.7. The van der Waals surface area contributed by atoms with E-state index >= 15 is 0 Å². The maximum absolute atomic E-state index is 11.7. The van der Waals surface area contributed by atoms with Gasteiger partial charge in [-0.05, 0) is 26.3 Å². The van der Waals surface area contributed by atoms with E-state index in [9.17, 15) is 4.79 Å². The average molecular weight is 216 g/mol. The Morgan fingerprint density at radius 1 is 1.25 bits per heavy atom. The Kier molecular flexibility index (Phi) is 2.69. The summed E-state index contributed by atoms with van der Waals surface area (Å²) in [5.74, 6) is 0. The molecule has 0 fully saturated rings. The molecule has 1 N–H and O–H groups in total. The van der Waals surface area contributed by atoms with E-state index in [4.69, 9.17) is 0 Å². The summed E-state index contributed by atoms with van der Waals surface area (Å²) in [5, 5.41) is 3.07. The van der Waals surface area contributed by atoms with Crippen LogP contribution in [0.5, 0.6) is 0 Å². The van der Waals surface area contributed by atoms with Gasteiger partial charge in [0.2, 0.25) is 0 Å². The third-order valence-electron chi connectivity index (χ3n) is 2.79. The lowest BCUT2D eigenvalue weighted by atomic mass is 10.1. The van der Waals surface area contributed by atoms with Crippen molar-refractivity contribution in [1.82, 2.24) is 9.78 Å². The minimum Gasteiger partial charge on any atom is -0.299 e. The summed E-state index contributed by atoms with van der Waals surface area (Å²) in [6.45, 7) is 5.96. The van der Waals surface area contributed by atoms with Gasteiger partial charge in [0.15, 0.2) is 0 Å². The molecule has 0 aliphatic heterocycles. The molecule has 1 unspecified atom stereocenters. The first-order valence-electron chi connectivity index (χ1n) is 5.42. The van der Waals surface area contributed by atoms with Crippen LogP contribution in [-0.4, -0.2) is 9.78 Å². The Labute approximate surface area is 94.7 Å². The van der Waals surface area contributed by atoms with E-state index in [-0.39, 0.29) is 11.6 Å². The Morgan fingerprint density at radius 2 is 2.00 bits per heavy atom. The Hall–Kier alpha value is -1.77. The van der Waals surface area contributed by atoms with Crippen molar-refractivity contribution in [3.63, 3.8) is 0 Å². The highest BCUT2D eigenvalue weighted by Gasteiger charge is 2.10. The van der Waals surface area contributed by atoms with Gasteiger partial charge in [0, 0.05) is 11.8 Å². The van der Waals surface area contributed by atoms with Crippen LogP contribution in [0.3, 0.4) is 0 Å². The molecule has 16 heavy (non-hydrogen) atoms. The lowest BCUT2D eigenvalue weighted by Crippen LogP contribution is -2.20. The van der Waals surface area contributed by atoms with E-state index in [0.717, 1.165) is 11.3 Å². The average Bonchev–Trinajstić information content (AvgIpc) is 2.57. The molecule has 0 aliphatic rings. The molecular formula is C13H16N2O. The van der Waals surface area contributed by atoms with Crippen LogP contribution in [0.15, 0.2) is 35.1 Å². The molecule has 3 nitrogen and oxygen atoms in total. The molecule has 1 heterocycles. The van der Waals surface area contributed by atoms with E-state index in [1.54, 1.807) is 10.7 Å². The maximum Gasteiger partial charge on any atom is 0.267 e. The number of nitrogens with one attached hydrogen (secondary N) is 1. The van der Waals surface area contributed by atoms with Crippen molar-refractivity contribution < 1.29 is 0 Å². The second-order valence-corrected chi connectivity index (χ2v) is 4.24. The molecule has 0 amide bonds. The van der Waals surface area contributed by atoms with E-state index in [1.807, 2.05) is 26.0 Å². The van der Waals surface area contributed by atoms with E-state index in [0.29, 0.717) is 0 Å². The molecule has 2 aromatic rings. The van der Waals surface area contributed by atoms with Crippen LogP contribution in [0.1, 0.15) is 29.8 Å². The number of hydrogen-bond acceptors (Lipinski definition) is 1. The Bertz CT molecular complexity index is 551. The summed E-state index contributed by atoms with van der Waals surface area (Å²) in [4.78, 5) is 11.7. The molecular weight excluding hydrogens is 200 g/mol. The standard InChI is InChI=1S/C13H16N2O/c1-9-5-4-6-12(7-9)11(3)15-13(16)8-10(2)14-15/h4-8,11,14H,1-3H3. The number of H-pyrrole nitrogens is 1. The van der Waals surface area contributed by atoms with E-state index in [1.165, 1.54) is 5.56 Å². The number of aryl methyl sites for hydroxylation is 2. The first kappa shape index (κ1) is 10.7. The summed E-state index contributed by atoms with van der Waals surface area (Å²) < 4.78 is 1.66. The second kappa shape index (κ2) is 4.00. The molecule has 3 heteroatoms. The number of rotatable bonds is 2. The van der Waals surface area contributed by atoms with Gasteiger partial charge in [-0.3, -0.25) is 9.89 Å². The van der Waals surface area contributed by atoms with Crippen molar-refractivity contribution in [1.29, 1.82) is 0 Å². The molecule has 1 aromatic carbocycles. The van der Waals surface area contributed by atoms with E-state index in [2.05, 4.69) is 24.2 Å². The molecule has 0 aliphatic carbocycles. The molecule has 0 bridgehead atoms. The minimum atomic E-state index is 0.0199. The monoisotopic (exact) mass is 216 g/mol. The van der Waals surface area contributed by atoms with Gasteiger partial charge < -0.3 is 0 Å². The fourth-order valence-electron chi connectivity index (χ4n) is 1.90. The van der Waals surface area contributed by atoms with Gasteiger partial charge in [-0.1, -0.05) is 29.8 Å². The third-order valence-corrected chi connectivity index (χ3v) is 2.79. The number of hydrogen-bond donors (Lipinski definition) is 1. The molecule has 2 rings (SSSR count). The van der Waals surface area contributed by atoms with Crippen LogP contribution >= 0.6 is 0 Å². The molecule has 0 saturated carbocycles. The minimum absolute atomic E-state index is 0.0199. The van der Waals surface area contributed by atoms with Gasteiger partial charge in [0.25, 0.3) is 5.56 Å². The van der Waals surface area contributed by atoms with Crippen LogP contribution in [-0.2, 0) is 0 Å². The number of nitrogens with zero attached hydrogens (tertiary/aromatic N) is 1. The van der Waals surface area contributed by atoms with Crippen molar-refractivity contribution >= 4 is 0 Å². The molecule has 0 spiro atoms. The highest BCUT2D eigenvalue weighted by Crippen LogP contribution is 2.16. The number of aromatic amines is 1. The highest BCUT2D eigenvalue weighted by atomic mass is 16.1. The number of aromatic nitrogens is 2. The largest absolute Gasteiger partial charge is 0.299 e. The van der Waals surface area contributed by atoms with Gasteiger partial charge >= 0.3 is 0 Å².